The normalized spacial score (nSPS) is 11.9. The van der Waals surface area contributed by atoms with Crippen LogP contribution in [0.5, 0.6) is 5.75 Å². The van der Waals surface area contributed by atoms with E-state index in [1.165, 1.54) is 11.3 Å². The lowest BCUT2D eigenvalue weighted by molar-refractivity contribution is -0.143. The maximum Gasteiger partial charge on any atom is 0.306 e. The maximum absolute atomic E-state index is 12.2. The summed E-state index contributed by atoms with van der Waals surface area (Å²) in [4.78, 5) is 27.9. The molecule has 1 atom stereocenters. The molecule has 25 heavy (non-hydrogen) atoms. The zero-order valence-electron chi connectivity index (χ0n) is 14.2. The Morgan fingerprint density at radius 1 is 1.32 bits per heavy atom. The summed E-state index contributed by atoms with van der Waals surface area (Å²) in [5.74, 6) is -0.0808. The van der Waals surface area contributed by atoms with Crippen molar-refractivity contribution in [3.63, 3.8) is 0 Å². The number of hydrogen-bond acceptors (Lipinski definition) is 6. The second-order valence-electron chi connectivity index (χ2n) is 5.61. The number of aromatic nitrogens is 1. The summed E-state index contributed by atoms with van der Waals surface area (Å²) in [6.45, 7) is 0. The molecule has 2 rings (SSSR count). The van der Waals surface area contributed by atoms with Crippen LogP contribution >= 0.6 is 23.1 Å². The number of ether oxygens (including phenoxy) is 1. The van der Waals surface area contributed by atoms with Crippen molar-refractivity contribution in [3.8, 4) is 16.3 Å². The van der Waals surface area contributed by atoms with Gasteiger partial charge >= 0.3 is 5.97 Å². The molecule has 0 aliphatic carbocycles. The number of aliphatic carboxylic acids is 1. The fourth-order valence-electron chi connectivity index (χ4n) is 2.38. The van der Waals surface area contributed by atoms with E-state index in [0.29, 0.717) is 12.1 Å². The van der Waals surface area contributed by atoms with Gasteiger partial charge in [0.05, 0.1) is 18.7 Å². The molecule has 0 unspecified atom stereocenters. The highest BCUT2D eigenvalue weighted by molar-refractivity contribution is 7.98. The minimum absolute atomic E-state index is 0.0608. The first-order valence-corrected chi connectivity index (χ1v) is 10.1. The molecule has 2 aromatic rings. The number of methoxy groups -OCH3 is 1. The van der Waals surface area contributed by atoms with Gasteiger partial charge in [-0.2, -0.15) is 11.8 Å². The molecule has 0 spiro atoms. The summed E-state index contributed by atoms with van der Waals surface area (Å²) < 4.78 is 5.14. The average Bonchev–Trinajstić information content (AvgIpc) is 3.06. The summed E-state index contributed by atoms with van der Waals surface area (Å²) in [5, 5.41) is 11.9. The Balaban J connectivity index is 1.97. The lowest BCUT2D eigenvalue weighted by atomic mass is 9.98. The second-order valence-corrected chi connectivity index (χ2v) is 7.45. The predicted molar refractivity (Wildman–Crippen MR) is 102 cm³/mol. The molecule has 1 aromatic carbocycles. The minimum Gasteiger partial charge on any atom is -0.497 e. The molecule has 0 radical (unpaired) electrons. The van der Waals surface area contributed by atoms with Crippen molar-refractivity contribution >= 4 is 34.9 Å². The van der Waals surface area contributed by atoms with Gasteiger partial charge in [0.25, 0.3) is 0 Å². The van der Waals surface area contributed by atoms with Crippen LogP contribution in [0.15, 0.2) is 29.6 Å². The van der Waals surface area contributed by atoms with Crippen LogP contribution in [0.1, 0.15) is 18.5 Å². The van der Waals surface area contributed by atoms with Crippen LogP contribution in [0.2, 0.25) is 0 Å². The van der Waals surface area contributed by atoms with Crippen molar-refractivity contribution in [3.05, 3.63) is 35.3 Å². The maximum atomic E-state index is 12.2. The van der Waals surface area contributed by atoms with E-state index in [0.717, 1.165) is 22.1 Å². The van der Waals surface area contributed by atoms with Crippen LogP contribution in [0, 0.1) is 5.92 Å². The lowest BCUT2D eigenvalue weighted by Gasteiger charge is -2.10. The van der Waals surface area contributed by atoms with Gasteiger partial charge in [-0.1, -0.05) is 0 Å². The van der Waals surface area contributed by atoms with Crippen molar-refractivity contribution in [1.82, 2.24) is 4.98 Å². The zero-order valence-corrected chi connectivity index (χ0v) is 15.9. The number of benzene rings is 1. The van der Waals surface area contributed by atoms with Crippen molar-refractivity contribution in [2.75, 3.05) is 19.1 Å². The molecule has 0 fully saturated rings. The van der Waals surface area contributed by atoms with Gasteiger partial charge < -0.3 is 9.84 Å². The van der Waals surface area contributed by atoms with Crippen LogP contribution < -0.4 is 4.74 Å². The monoisotopic (exact) mass is 379 g/mol. The molecule has 134 valence electrons. The van der Waals surface area contributed by atoms with E-state index in [-0.39, 0.29) is 18.6 Å². The third-order valence-electron chi connectivity index (χ3n) is 3.76. The van der Waals surface area contributed by atoms with Crippen molar-refractivity contribution in [2.24, 2.45) is 5.92 Å². The SMILES string of the molecule is COc1ccc(-c2nc(CC(=O)C[C@@H](CCSC)C(=O)O)cs2)cc1. The largest absolute Gasteiger partial charge is 0.497 e. The van der Waals surface area contributed by atoms with E-state index in [1.807, 2.05) is 35.9 Å². The molecule has 1 aromatic heterocycles. The van der Waals surface area contributed by atoms with Gasteiger partial charge in [-0.3, -0.25) is 9.59 Å². The van der Waals surface area contributed by atoms with E-state index in [9.17, 15) is 14.7 Å². The number of carboxylic acids is 1. The summed E-state index contributed by atoms with van der Waals surface area (Å²) in [6.07, 6.45) is 2.67. The number of carboxylic acid groups (broad SMARTS) is 1. The predicted octanol–water partition coefficient (Wildman–Crippen LogP) is 3.77. The molecule has 0 aliphatic heterocycles. The van der Waals surface area contributed by atoms with E-state index < -0.39 is 11.9 Å². The van der Waals surface area contributed by atoms with Crippen molar-refractivity contribution < 1.29 is 19.4 Å². The summed E-state index contributed by atoms with van der Waals surface area (Å²) >= 11 is 3.06. The Hall–Kier alpha value is -1.86. The van der Waals surface area contributed by atoms with Gasteiger partial charge in [-0.05, 0) is 42.7 Å². The van der Waals surface area contributed by atoms with Crippen LogP contribution in [-0.4, -0.2) is 41.0 Å². The summed E-state index contributed by atoms with van der Waals surface area (Å²) in [7, 11) is 1.62. The quantitative estimate of drug-likeness (QED) is 0.677. The number of thiazole rings is 1. The van der Waals surface area contributed by atoms with Crippen LogP contribution in [0.4, 0.5) is 0 Å². The van der Waals surface area contributed by atoms with Crippen molar-refractivity contribution in [2.45, 2.75) is 19.3 Å². The van der Waals surface area contributed by atoms with E-state index in [1.54, 1.807) is 18.9 Å². The average molecular weight is 380 g/mol. The molecule has 0 saturated heterocycles. The molecular weight excluding hydrogens is 358 g/mol. The Kier molecular flexibility index (Phi) is 7.46. The number of thioether (sulfide) groups is 1. The van der Waals surface area contributed by atoms with Gasteiger partial charge in [0, 0.05) is 23.8 Å². The third-order valence-corrected chi connectivity index (χ3v) is 5.34. The van der Waals surface area contributed by atoms with Crippen LogP contribution in [0.25, 0.3) is 10.6 Å². The fourth-order valence-corrected chi connectivity index (χ4v) is 3.72. The van der Waals surface area contributed by atoms with Gasteiger partial charge in [0.1, 0.15) is 16.5 Å². The fraction of sp³-hybridized carbons (Fsp3) is 0.389. The Labute approximate surface area is 155 Å². The molecule has 0 aliphatic rings. The highest BCUT2D eigenvalue weighted by atomic mass is 32.2. The van der Waals surface area contributed by atoms with Crippen molar-refractivity contribution in [1.29, 1.82) is 0 Å². The number of carbonyl (C=O) groups is 2. The Morgan fingerprint density at radius 2 is 2.04 bits per heavy atom. The number of ketones is 1. The molecule has 1 heterocycles. The molecule has 1 N–H and O–H groups in total. The highest BCUT2D eigenvalue weighted by Crippen LogP contribution is 2.26. The minimum atomic E-state index is -0.903. The molecule has 0 bridgehead atoms. The first-order chi connectivity index (χ1) is 12.0. The number of rotatable bonds is 10. The number of Topliss-reactive ketones (excluding diaryl/α,β-unsaturated/α-hetero) is 1. The number of nitrogens with zero attached hydrogens (tertiary/aromatic N) is 1. The van der Waals surface area contributed by atoms with Gasteiger partial charge in [-0.15, -0.1) is 11.3 Å². The Morgan fingerprint density at radius 3 is 2.64 bits per heavy atom. The molecule has 0 amide bonds. The first-order valence-electron chi connectivity index (χ1n) is 7.85. The van der Waals surface area contributed by atoms with E-state index in [2.05, 4.69) is 4.98 Å². The summed E-state index contributed by atoms with van der Waals surface area (Å²) in [6, 6.07) is 7.58. The standard InChI is InChI=1S/C18H21NO4S2/c1-23-16-5-3-12(4-6-16)17-19-14(11-25-17)10-15(20)9-13(18(21)22)7-8-24-2/h3-6,11,13H,7-10H2,1-2H3,(H,21,22)/t13-/m1/s1. The first kappa shape index (κ1) is 19.5. The van der Waals surface area contributed by atoms with E-state index >= 15 is 0 Å². The number of carbonyl (C=O) groups excluding carboxylic acids is 1. The van der Waals surface area contributed by atoms with Gasteiger partial charge in [0.15, 0.2) is 0 Å². The van der Waals surface area contributed by atoms with Gasteiger partial charge in [0.2, 0.25) is 0 Å². The topological polar surface area (TPSA) is 76.5 Å². The third kappa shape index (κ3) is 5.86. The zero-order chi connectivity index (χ0) is 18.2. The molecular formula is C18H21NO4S2. The van der Waals surface area contributed by atoms with E-state index in [4.69, 9.17) is 4.74 Å². The Bertz CT molecular complexity index is 712. The molecule has 5 nitrogen and oxygen atoms in total. The second kappa shape index (κ2) is 9.58. The molecule has 0 saturated carbocycles. The number of hydrogen-bond donors (Lipinski definition) is 1. The summed E-state index contributed by atoms with van der Waals surface area (Å²) in [5.41, 5.74) is 1.66. The van der Waals surface area contributed by atoms with Gasteiger partial charge in [-0.25, -0.2) is 4.98 Å². The highest BCUT2D eigenvalue weighted by Gasteiger charge is 2.21. The van der Waals surface area contributed by atoms with Crippen LogP contribution in [-0.2, 0) is 16.0 Å². The lowest BCUT2D eigenvalue weighted by Crippen LogP contribution is -2.19. The van der Waals surface area contributed by atoms with Crippen LogP contribution in [0.3, 0.4) is 0 Å². The molecule has 7 heteroatoms. The smallest absolute Gasteiger partial charge is 0.306 e.